The van der Waals surface area contributed by atoms with Crippen molar-refractivity contribution in [1.82, 2.24) is 0 Å². The third kappa shape index (κ3) is 3.33. The van der Waals surface area contributed by atoms with Crippen LogP contribution in [-0.2, 0) is 0 Å². The molecule has 0 aliphatic carbocycles. The van der Waals surface area contributed by atoms with E-state index in [0.717, 1.165) is 5.56 Å². The second-order valence-corrected chi connectivity index (χ2v) is 5.53. The summed E-state index contributed by atoms with van der Waals surface area (Å²) in [5.41, 5.74) is 2.31. The van der Waals surface area contributed by atoms with Crippen LogP contribution in [0.15, 0.2) is 42.0 Å². The molecular weight excluding hydrogens is 318 g/mol. The second kappa shape index (κ2) is 7.10. The zero-order valence-corrected chi connectivity index (χ0v) is 14.0. The fraction of sp³-hybridized carbons (Fsp3) is 0.200. The highest BCUT2D eigenvalue weighted by atomic mass is 16.5. The van der Waals surface area contributed by atoms with Gasteiger partial charge in [-0.1, -0.05) is 6.07 Å². The van der Waals surface area contributed by atoms with E-state index in [9.17, 15) is 10.1 Å². The lowest BCUT2D eigenvalue weighted by molar-refractivity contribution is 0.103. The summed E-state index contributed by atoms with van der Waals surface area (Å²) in [6.07, 6.45) is 2.28. The zero-order chi connectivity index (χ0) is 17.8. The lowest BCUT2D eigenvalue weighted by Gasteiger charge is -2.08. The highest BCUT2D eigenvalue weighted by molar-refractivity contribution is 6.13. The molecule has 25 heavy (non-hydrogen) atoms. The largest absolute Gasteiger partial charge is 0.497 e. The number of nitrogens with zero attached hydrogens (tertiary/aromatic N) is 1. The molecule has 3 rings (SSSR count). The van der Waals surface area contributed by atoms with Crippen molar-refractivity contribution in [2.75, 3.05) is 20.8 Å². The molecule has 2 aromatic rings. The first-order chi connectivity index (χ1) is 12.2. The van der Waals surface area contributed by atoms with Gasteiger partial charge in [0.05, 0.1) is 32.0 Å². The molecule has 0 aromatic heterocycles. The van der Waals surface area contributed by atoms with Gasteiger partial charge in [-0.05, 0) is 42.0 Å². The SMILES string of the molecule is COc1ccc2c(c1)C(=O)/C(=C\c1ccc(OC)c(C#N)c1)CCO2. The number of hydrogen-bond acceptors (Lipinski definition) is 5. The van der Waals surface area contributed by atoms with Crippen molar-refractivity contribution in [3.63, 3.8) is 0 Å². The highest BCUT2D eigenvalue weighted by Gasteiger charge is 2.22. The van der Waals surface area contributed by atoms with Gasteiger partial charge < -0.3 is 14.2 Å². The molecule has 5 nitrogen and oxygen atoms in total. The Kier molecular flexibility index (Phi) is 4.71. The van der Waals surface area contributed by atoms with Crippen LogP contribution in [0.4, 0.5) is 0 Å². The van der Waals surface area contributed by atoms with Crippen molar-refractivity contribution in [2.45, 2.75) is 6.42 Å². The molecule has 0 N–H and O–H groups in total. The molecule has 0 radical (unpaired) electrons. The van der Waals surface area contributed by atoms with Crippen molar-refractivity contribution in [3.8, 4) is 23.3 Å². The number of ether oxygens (including phenoxy) is 3. The fourth-order valence-electron chi connectivity index (χ4n) is 2.74. The normalized spacial score (nSPS) is 14.9. The molecule has 126 valence electrons. The van der Waals surface area contributed by atoms with E-state index in [4.69, 9.17) is 14.2 Å². The first-order valence-electron chi connectivity index (χ1n) is 7.80. The minimum atomic E-state index is -0.0966. The third-order valence-electron chi connectivity index (χ3n) is 4.04. The van der Waals surface area contributed by atoms with Crippen molar-refractivity contribution >= 4 is 11.9 Å². The second-order valence-electron chi connectivity index (χ2n) is 5.53. The Morgan fingerprint density at radius 1 is 1.16 bits per heavy atom. The van der Waals surface area contributed by atoms with E-state index < -0.39 is 0 Å². The van der Waals surface area contributed by atoms with Crippen molar-refractivity contribution in [2.24, 2.45) is 0 Å². The summed E-state index contributed by atoms with van der Waals surface area (Å²) in [6.45, 7) is 0.415. The van der Waals surface area contributed by atoms with Crippen LogP contribution in [0, 0.1) is 11.3 Å². The Labute approximate surface area is 146 Å². The smallest absolute Gasteiger partial charge is 0.193 e. The number of hydrogen-bond donors (Lipinski definition) is 0. The lowest BCUT2D eigenvalue weighted by atomic mass is 9.98. The van der Waals surface area contributed by atoms with Crippen LogP contribution in [0.5, 0.6) is 17.2 Å². The number of ketones is 1. The molecule has 5 heteroatoms. The number of rotatable bonds is 3. The highest BCUT2D eigenvalue weighted by Crippen LogP contribution is 2.31. The molecule has 1 heterocycles. The van der Waals surface area contributed by atoms with Gasteiger partial charge in [-0.2, -0.15) is 5.26 Å². The Morgan fingerprint density at radius 2 is 2.00 bits per heavy atom. The van der Waals surface area contributed by atoms with Crippen LogP contribution >= 0.6 is 0 Å². The predicted octanol–water partition coefficient (Wildman–Crippen LogP) is 3.62. The molecule has 0 bridgehead atoms. The van der Waals surface area contributed by atoms with E-state index in [2.05, 4.69) is 6.07 Å². The minimum Gasteiger partial charge on any atom is -0.497 e. The Balaban J connectivity index is 2.01. The van der Waals surface area contributed by atoms with Gasteiger partial charge in [-0.15, -0.1) is 0 Å². The number of fused-ring (bicyclic) bond motifs is 1. The Morgan fingerprint density at radius 3 is 2.72 bits per heavy atom. The molecule has 2 aromatic carbocycles. The quantitative estimate of drug-likeness (QED) is 0.801. The van der Waals surface area contributed by atoms with Crippen LogP contribution in [0.2, 0.25) is 0 Å². The molecule has 0 saturated heterocycles. The van der Waals surface area contributed by atoms with Crippen molar-refractivity contribution < 1.29 is 19.0 Å². The summed E-state index contributed by atoms with van der Waals surface area (Å²) in [4.78, 5) is 12.9. The van der Waals surface area contributed by atoms with Crippen LogP contribution in [0.1, 0.15) is 27.9 Å². The molecule has 0 spiro atoms. The molecule has 0 unspecified atom stereocenters. The Hall–Kier alpha value is -3.26. The maximum absolute atomic E-state index is 12.9. The molecule has 1 aliphatic rings. The number of Topliss-reactive ketones (excluding diaryl/α,β-unsaturated/α-hetero) is 1. The van der Waals surface area contributed by atoms with E-state index in [1.54, 1.807) is 43.5 Å². The van der Waals surface area contributed by atoms with E-state index >= 15 is 0 Å². The molecule has 0 saturated carbocycles. The third-order valence-corrected chi connectivity index (χ3v) is 4.04. The maximum Gasteiger partial charge on any atom is 0.193 e. The number of benzene rings is 2. The monoisotopic (exact) mass is 335 g/mol. The predicted molar refractivity (Wildman–Crippen MR) is 93.1 cm³/mol. The van der Waals surface area contributed by atoms with E-state index in [0.29, 0.717) is 47.0 Å². The minimum absolute atomic E-state index is 0.0966. The first kappa shape index (κ1) is 16.6. The van der Waals surface area contributed by atoms with Crippen LogP contribution in [0.25, 0.3) is 6.08 Å². The van der Waals surface area contributed by atoms with Gasteiger partial charge in [-0.25, -0.2) is 0 Å². The fourth-order valence-corrected chi connectivity index (χ4v) is 2.74. The van der Waals surface area contributed by atoms with Gasteiger partial charge in [0, 0.05) is 12.0 Å². The van der Waals surface area contributed by atoms with Crippen LogP contribution < -0.4 is 14.2 Å². The first-order valence-corrected chi connectivity index (χ1v) is 7.80. The maximum atomic E-state index is 12.9. The van der Waals surface area contributed by atoms with Crippen LogP contribution in [-0.4, -0.2) is 26.6 Å². The van der Waals surface area contributed by atoms with Gasteiger partial charge in [0.2, 0.25) is 0 Å². The summed E-state index contributed by atoms with van der Waals surface area (Å²) < 4.78 is 16.0. The van der Waals surface area contributed by atoms with Gasteiger partial charge >= 0.3 is 0 Å². The van der Waals surface area contributed by atoms with Gasteiger partial charge in [0.1, 0.15) is 23.3 Å². The standard InChI is InChI=1S/C20H17NO4/c1-23-16-4-6-19-17(11-16)20(22)14(7-8-25-19)9-13-3-5-18(24-2)15(10-13)12-21/h3-6,9-11H,7-8H2,1-2H3/b14-9-. The molecule has 0 fully saturated rings. The van der Waals surface area contributed by atoms with E-state index in [1.807, 2.05) is 6.07 Å². The zero-order valence-electron chi connectivity index (χ0n) is 14.0. The van der Waals surface area contributed by atoms with E-state index in [-0.39, 0.29) is 5.78 Å². The van der Waals surface area contributed by atoms with E-state index in [1.165, 1.54) is 7.11 Å². The summed E-state index contributed by atoms with van der Waals surface area (Å²) in [5, 5.41) is 9.21. The number of nitriles is 1. The van der Waals surface area contributed by atoms with Crippen molar-refractivity contribution in [3.05, 3.63) is 58.7 Å². The van der Waals surface area contributed by atoms with Crippen LogP contribution in [0.3, 0.4) is 0 Å². The molecule has 1 aliphatic heterocycles. The topological polar surface area (TPSA) is 68.5 Å². The molecule has 0 atom stereocenters. The van der Waals surface area contributed by atoms with Crippen molar-refractivity contribution in [1.29, 1.82) is 5.26 Å². The number of carbonyl (C=O) groups excluding carboxylic acids is 1. The molecular formula is C20H17NO4. The molecule has 0 amide bonds. The Bertz CT molecular complexity index is 893. The average Bonchev–Trinajstić information content (AvgIpc) is 2.80. The number of carbonyl (C=O) groups is 1. The van der Waals surface area contributed by atoms with Gasteiger partial charge in [0.25, 0.3) is 0 Å². The lowest BCUT2D eigenvalue weighted by Crippen LogP contribution is -2.02. The summed E-state index contributed by atoms with van der Waals surface area (Å²) in [7, 11) is 3.08. The van der Waals surface area contributed by atoms with Gasteiger partial charge in [-0.3, -0.25) is 4.79 Å². The van der Waals surface area contributed by atoms with Gasteiger partial charge in [0.15, 0.2) is 5.78 Å². The summed E-state index contributed by atoms with van der Waals surface area (Å²) >= 11 is 0. The summed E-state index contributed by atoms with van der Waals surface area (Å²) in [6, 6.07) is 12.5. The number of methoxy groups -OCH3 is 2. The summed E-state index contributed by atoms with van der Waals surface area (Å²) in [5.74, 6) is 1.57. The average molecular weight is 335 g/mol.